The molecular formula is C23H25NO5. The highest BCUT2D eigenvalue weighted by atomic mass is 16.5. The van der Waals surface area contributed by atoms with E-state index in [1.54, 1.807) is 43.2 Å². The summed E-state index contributed by atoms with van der Waals surface area (Å²) >= 11 is 0. The largest absolute Gasteiger partial charge is 0.497 e. The number of hydrogen-bond donors (Lipinski definition) is 0. The summed E-state index contributed by atoms with van der Waals surface area (Å²) in [4.78, 5) is 38.9. The number of likely N-dealkylation sites (tertiary alicyclic amines) is 1. The van der Waals surface area contributed by atoms with Crippen LogP contribution in [-0.4, -0.2) is 48.9 Å². The van der Waals surface area contributed by atoms with Gasteiger partial charge in [-0.1, -0.05) is 30.3 Å². The number of hydrogen-bond acceptors (Lipinski definition) is 5. The predicted molar refractivity (Wildman–Crippen MR) is 108 cm³/mol. The highest BCUT2D eigenvalue weighted by Gasteiger charge is 2.36. The standard InChI is InChI=1S/C23H25NO5/c1-16(22(26)18-8-10-20(28-2)11-9-18)29-23(27)19-14-21(25)24(15-19)13-12-17-6-4-3-5-7-17/h3-11,16,19H,12-15H2,1-2H3/t16-,19-/m1/s1. The Morgan fingerprint density at radius 3 is 2.45 bits per heavy atom. The van der Waals surface area contributed by atoms with Crippen LogP contribution in [0.15, 0.2) is 54.6 Å². The molecule has 2 aromatic carbocycles. The zero-order valence-corrected chi connectivity index (χ0v) is 16.7. The number of nitrogens with zero attached hydrogens (tertiary/aromatic N) is 1. The summed E-state index contributed by atoms with van der Waals surface area (Å²) < 4.78 is 10.4. The molecule has 2 atom stereocenters. The molecule has 0 N–H and O–H groups in total. The number of methoxy groups -OCH3 is 1. The van der Waals surface area contributed by atoms with E-state index in [1.807, 2.05) is 30.3 Å². The van der Waals surface area contributed by atoms with E-state index in [0.717, 1.165) is 12.0 Å². The third kappa shape index (κ3) is 5.22. The molecule has 152 valence electrons. The molecule has 6 heteroatoms. The van der Waals surface area contributed by atoms with Crippen molar-refractivity contribution >= 4 is 17.7 Å². The first kappa shape index (κ1) is 20.6. The van der Waals surface area contributed by atoms with Crippen molar-refractivity contribution in [1.82, 2.24) is 4.90 Å². The van der Waals surface area contributed by atoms with Crippen molar-refractivity contribution < 1.29 is 23.9 Å². The van der Waals surface area contributed by atoms with E-state index in [-0.39, 0.29) is 18.1 Å². The fourth-order valence-corrected chi connectivity index (χ4v) is 3.37. The van der Waals surface area contributed by atoms with E-state index in [4.69, 9.17) is 9.47 Å². The first-order chi connectivity index (χ1) is 14.0. The molecule has 0 radical (unpaired) electrons. The van der Waals surface area contributed by atoms with Gasteiger partial charge in [-0.3, -0.25) is 14.4 Å². The number of benzene rings is 2. The van der Waals surface area contributed by atoms with E-state index in [0.29, 0.717) is 24.4 Å². The molecule has 2 aromatic rings. The molecule has 6 nitrogen and oxygen atoms in total. The molecule has 29 heavy (non-hydrogen) atoms. The minimum Gasteiger partial charge on any atom is -0.497 e. The predicted octanol–water partition coefficient (Wildman–Crippen LogP) is 2.90. The van der Waals surface area contributed by atoms with E-state index in [2.05, 4.69) is 0 Å². The van der Waals surface area contributed by atoms with Gasteiger partial charge in [0.1, 0.15) is 5.75 Å². The van der Waals surface area contributed by atoms with Gasteiger partial charge in [-0.15, -0.1) is 0 Å². The summed E-state index contributed by atoms with van der Waals surface area (Å²) in [5, 5.41) is 0. The summed E-state index contributed by atoms with van der Waals surface area (Å²) in [6, 6.07) is 16.5. The number of ether oxygens (including phenoxy) is 2. The van der Waals surface area contributed by atoms with Crippen LogP contribution in [0.5, 0.6) is 5.75 Å². The molecule has 1 fully saturated rings. The lowest BCUT2D eigenvalue weighted by Gasteiger charge is -2.17. The molecule has 1 heterocycles. The van der Waals surface area contributed by atoms with Gasteiger partial charge >= 0.3 is 5.97 Å². The molecule has 0 aromatic heterocycles. The Kier molecular flexibility index (Phi) is 6.65. The quantitative estimate of drug-likeness (QED) is 0.508. The molecule has 3 rings (SSSR count). The molecule has 0 unspecified atom stereocenters. The summed E-state index contributed by atoms with van der Waals surface area (Å²) in [7, 11) is 1.55. The number of rotatable bonds is 8. The van der Waals surface area contributed by atoms with Gasteiger partial charge in [-0.05, 0) is 43.2 Å². The van der Waals surface area contributed by atoms with Gasteiger partial charge in [0.25, 0.3) is 0 Å². The van der Waals surface area contributed by atoms with Crippen LogP contribution in [0.4, 0.5) is 0 Å². The Bertz CT molecular complexity index is 863. The fraction of sp³-hybridized carbons (Fsp3) is 0.348. The van der Waals surface area contributed by atoms with Crippen LogP contribution < -0.4 is 4.74 Å². The molecular weight excluding hydrogens is 370 g/mol. The van der Waals surface area contributed by atoms with Crippen molar-refractivity contribution in [3.8, 4) is 5.75 Å². The van der Waals surface area contributed by atoms with Crippen molar-refractivity contribution in [2.24, 2.45) is 5.92 Å². The molecule has 1 amide bonds. The zero-order valence-electron chi connectivity index (χ0n) is 16.7. The maximum absolute atomic E-state index is 12.5. The minimum atomic E-state index is -0.913. The number of esters is 1. The molecule has 1 aliphatic heterocycles. The van der Waals surface area contributed by atoms with E-state index < -0.39 is 18.0 Å². The monoisotopic (exact) mass is 395 g/mol. The average molecular weight is 395 g/mol. The van der Waals surface area contributed by atoms with Crippen LogP contribution in [-0.2, 0) is 20.7 Å². The molecule has 1 saturated heterocycles. The number of Topliss-reactive ketones (excluding diaryl/α,β-unsaturated/α-hetero) is 1. The van der Waals surface area contributed by atoms with Crippen LogP contribution >= 0.6 is 0 Å². The maximum atomic E-state index is 12.5. The van der Waals surface area contributed by atoms with E-state index in [1.165, 1.54) is 0 Å². The summed E-state index contributed by atoms with van der Waals surface area (Å²) in [5.74, 6) is -0.742. The van der Waals surface area contributed by atoms with Gasteiger partial charge in [0.15, 0.2) is 6.10 Å². The van der Waals surface area contributed by atoms with Crippen molar-refractivity contribution in [2.45, 2.75) is 25.9 Å². The number of carbonyl (C=O) groups is 3. The van der Waals surface area contributed by atoms with Crippen molar-refractivity contribution in [3.63, 3.8) is 0 Å². The second-order valence-electron chi connectivity index (χ2n) is 7.15. The molecule has 0 saturated carbocycles. The highest BCUT2D eigenvalue weighted by molar-refractivity contribution is 6.00. The third-order valence-electron chi connectivity index (χ3n) is 5.10. The van der Waals surface area contributed by atoms with Gasteiger partial charge in [-0.25, -0.2) is 0 Å². The first-order valence-electron chi connectivity index (χ1n) is 9.68. The van der Waals surface area contributed by atoms with E-state index in [9.17, 15) is 14.4 Å². The minimum absolute atomic E-state index is 0.0583. The lowest BCUT2D eigenvalue weighted by molar-refractivity contribution is -0.151. The Balaban J connectivity index is 1.52. The summed E-state index contributed by atoms with van der Waals surface area (Å²) in [6.45, 7) is 2.44. The Morgan fingerprint density at radius 2 is 1.79 bits per heavy atom. The molecule has 0 aliphatic carbocycles. The van der Waals surface area contributed by atoms with Gasteiger partial charge < -0.3 is 14.4 Å². The van der Waals surface area contributed by atoms with Gasteiger partial charge in [0.2, 0.25) is 11.7 Å². The van der Waals surface area contributed by atoms with Crippen molar-refractivity contribution in [2.75, 3.05) is 20.2 Å². The lowest BCUT2D eigenvalue weighted by atomic mass is 10.1. The second-order valence-corrected chi connectivity index (χ2v) is 7.15. The SMILES string of the molecule is COc1ccc(C(=O)[C@@H](C)OC(=O)[C@@H]2CC(=O)N(CCc3ccccc3)C2)cc1. The van der Waals surface area contributed by atoms with Crippen LogP contribution in [0.2, 0.25) is 0 Å². The second kappa shape index (κ2) is 9.37. The van der Waals surface area contributed by atoms with Gasteiger partial charge in [0.05, 0.1) is 13.0 Å². The molecule has 1 aliphatic rings. The first-order valence-corrected chi connectivity index (χ1v) is 9.68. The van der Waals surface area contributed by atoms with Gasteiger partial charge in [0, 0.05) is 25.1 Å². The molecule has 0 bridgehead atoms. The van der Waals surface area contributed by atoms with Crippen LogP contribution in [0.25, 0.3) is 0 Å². The van der Waals surface area contributed by atoms with Crippen LogP contribution in [0.3, 0.4) is 0 Å². The van der Waals surface area contributed by atoms with Crippen molar-refractivity contribution in [3.05, 3.63) is 65.7 Å². The lowest BCUT2D eigenvalue weighted by Crippen LogP contribution is -2.31. The van der Waals surface area contributed by atoms with Crippen LogP contribution in [0, 0.1) is 5.92 Å². The Labute approximate surface area is 170 Å². The van der Waals surface area contributed by atoms with Gasteiger partial charge in [-0.2, -0.15) is 0 Å². The maximum Gasteiger partial charge on any atom is 0.311 e. The smallest absolute Gasteiger partial charge is 0.311 e. The number of carbonyl (C=O) groups excluding carboxylic acids is 3. The topological polar surface area (TPSA) is 72.9 Å². The normalized spacial score (nSPS) is 17.1. The fourth-order valence-electron chi connectivity index (χ4n) is 3.37. The van der Waals surface area contributed by atoms with Crippen LogP contribution in [0.1, 0.15) is 29.3 Å². The van der Waals surface area contributed by atoms with E-state index >= 15 is 0 Å². The summed E-state index contributed by atoms with van der Waals surface area (Å²) in [6.07, 6.45) is -0.0537. The number of ketones is 1. The Morgan fingerprint density at radius 1 is 1.10 bits per heavy atom. The highest BCUT2D eigenvalue weighted by Crippen LogP contribution is 2.21. The average Bonchev–Trinajstić information content (AvgIpc) is 3.13. The number of amides is 1. The van der Waals surface area contributed by atoms with Crippen molar-refractivity contribution in [1.29, 1.82) is 0 Å². The summed E-state index contributed by atoms with van der Waals surface area (Å²) in [5.41, 5.74) is 1.59. The zero-order chi connectivity index (χ0) is 20.8. The third-order valence-corrected chi connectivity index (χ3v) is 5.10. The Hall–Kier alpha value is -3.15. The molecule has 0 spiro atoms.